The van der Waals surface area contributed by atoms with Crippen LogP contribution in [0.25, 0.3) is 10.8 Å². The number of nitrogens with zero attached hydrogens (tertiary/aromatic N) is 5. The predicted molar refractivity (Wildman–Crippen MR) is 105 cm³/mol. The summed E-state index contributed by atoms with van der Waals surface area (Å²) in [5.74, 6) is 2.31. The zero-order valence-electron chi connectivity index (χ0n) is 16.0. The zero-order valence-corrected chi connectivity index (χ0v) is 16.8. The largest absolute Gasteiger partial charge is 0.348 e. The molecule has 2 atom stereocenters. The first-order valence-corrected chi connectivity index (χ1v) is 11.0. The highest BCUT2D eigenvalue weighted by molar-refractivity contribution is 7.13. The Kier molecular flexibility index (Phi) is 3.72. The van der Waals surface area contributed by atoms with Gasteiger partial charge in [0.2, 0.25) is 5.91 Å². The minimum absolute atomic E-state index is 0.0591. The van der Waals surface area contributed by atoms with Crippen molar-refractivity contribution in [1.82, 2.24) is 30.2 Å². The highest BCUT2D eigenvalue weighted by Gasteiger charge is 2.61. The molecule has 29 heavy (non-hydrogen) atoms. The molecular weight excluding hydrogens is 388 g/mol. The van der Waals surface area contributed by atoms with E-state index in [4.69, 9.17) is 4.52 Å². The molecule has 1 amide bonds. The fourth-order valence-corrected chi connectivity index (χ4v) is 7.02. The molecule has 4 saturated carbocycles. The third kappa shape index (κ3) is 2.74. The number of aromatic nitrogens is 5. The van der Waals surface area contributed by atoms with Gasteiger partial charge in [0.25, 0.3) is 5.89 Å². The van der Waals surface area contributed by atoms with Crippen LogP contribution in [0.4, 0.5) is 0 Å². The molecule has 1 N–H and O–H groups in total. The summed E-state index contributed by atoms with van der Waals surface area (Å²) in [6, 6.07) is 3.89. The molecule has 4 fully saturated rings. The van der Waals surface area contributed by atoms with Crippen LogP contribution < -0.4 is 5.32 Å². The molecule has 0 radical (unpaired) electrons. The van der Waals surface area contributed by atoms with Crippen molar-refractivity contribution in [3.63, 3.8) is 0 Å². The molecule has 4 aliphatic carbocycles. The molecule has 150 valence electrons. The number of amides is 1. The number of thiophene rings is 1. The van der Waals surface area contributed by atoms with Crippen molar-refractivity contribution in [2.24, 2.45) is 17.3 Å². The summed E-state index contributed by atoms with van der Waals surface area (Å²) >= 11 is 1.55. The van der Waals surface area contributed by atoms with Gasteiger partial charge in [-0.1, -0.05) is 11.2 Å². The molecule has 2 unspecified atom stereocenters. The molecule has 3 aromatic heterocycles. The van der Waals surface area contributed by atoms with Crippen molar-refractivity contribution in [3.05, 3.63) is 36.0 Å². The Hall–Kier alpha value is -2.55. The van der Waals surface area contributed by atoms with Gasteiger partial charge in [-0.25, -0.2) is 9.67 Å². The van der Waals surface area contributed by atoms with Gasteiger partial charge >= 0.3 is 0 Å². The van der Waals surface area contributed by atoms with Crippen LogP contribution in [-0.4, -0.2) is 30.8 Å². The van der Waals surface area contributed by atoms with Gasteiger partial charge in [0, 0.05) is 0 Å². The predicted octanol–water partition coefficient (Wildman–Crippen LogP) is 3.00. The zero-order chi connectivity index (χ0) is 19.5. The molecule has 0 aromatic carbocycles. The Bertz CT molecular complexity index is 1010. The Labute approximate surface area is 171 Å². The van der Waals surface area contributed by atoms with Gasteiger partial charge in [0.05, 0.1) is 22.4 Å². The van der Waals surface area contributed by atoms with Crippen LogP contribution in [0.3, 0.4) is 0 Å². The molecule has 4 bridgehead atoms. The first-order valence-electron chi connectivity index (χ1n) is 10.1. The Morgan fingerprint density at radius 2 is 2.17 bits per heavy atom. The van der Waals surface area contributed by atoms with Crippen LogP contribution >= 0.6 is 11.3 Å². The van der Waals surface area contributed by atoms with Crippen molar-refractivity contribution < 1.29 is 9.32 Å². The standard InChI is InChI=1S/C20H22N6O2S/c27-18(22-9-16-24-17(28-25-16)15-2-1-3-29-15)19-5-13-4-14(6-19)8-20(7-13,10-19)26-12-21-11-23-26/h1-3,11-14H,4-10H2,(H,22,27). The Morgan fingerprint density at radius 3 is 2.90 bits per heavy atom. The van der Waals surface area contributed by atoms with Gasteiger partial charge < -0.3 is 9.84 Å². The third-order valence-electron chi connectivity index (χ3n) is 7.02. The van der Waals surface area contributed by atoms with Gasteiger partial charge in [0.15, 0.2) is 5.82 Å². The van der Waals surface area contributed by atoms with E-state index in [-0.39, 0.29) is 16.9 Å². The van der Waals surface area contributed by atoms with Gasteiger partial charge in [-0.3, -0.25) is 4.79 Å². The number of carbonyl (C=O) groups excluding carboxylic acids is 1. The summed E-state index contributed by atoms with van der Waals surface area (Å²) < 4.78 is 7.36. The maximum atomic E-state index is 13.4. The van der Waals surface area contributed by atoms with Crippen molar-refractivity contribution in [2.45, 2.75) is 50.6 Å². The smallest absolute Gasteiger partial charge is 0.268 e. The fraction of sp³-hybridized carbons (Fsp3) is 0.550. The molecule has 3 aromatic rings. The number of rotatable bonds is 5. The van der Waals surface area contributed by atoms with Gasteiger partial charge in [-0.05, 0) is 61.8 Å². The van der Waals surface area contributed by atoms with Crippen LogP contribution in [-0.2, 0) is 16.9 Å². The molecule has 0 saturated heterocycles. The SMILES string of the molecule is O=C(NCc1noc(-c2cccs2)n1)C12CC3CC(C1)CC(n1cncn1)(C3)C2. The summed E-state index contributed by atoms with van der Waals surface area (Å²) in [7, 11) is 0. The normalized spacial score (nSPS) is 32.6. The monoisotopic (exact) mass is 410 g/mol. The molecular formula is C20H22N6O2S. The molecule has 0 spiro atoms. The lowest BCUT2D eigenvalue weighted by Crippen LogP contribution is -2.61. The summed E-state index contributed by atoms with van der Waals surface area (Å²) in [6.07, 6.45) is 9.66. The molecule has 7 rings (SSSR count). The third-order valence-corrected chi connectivity index (χ3v) is 7.88. The number of carbonyl (C=O) groups is 1. The maximum Gasteiger partial charge on any atom is 0.268 e. The van der Waals surface area contributed by atoms with E-state index in [1.165, 1.54) is 6.42 Å². The van der Waals surface area contributed by atoms with E-state index in [0.29, 0.717) is 30.1 Å². The molecule has 9 heteroatoms. The highest BCUT2D eigenvalue weighted by atomic mass is 32.1. The van der Waals surface area contributed by atoms with E-state index >= 15 is 0 Å². The fourth-order valence-electron chi connectivity index (χ4n) is 6.37. The van der Waals surface area contributed by atoms with Crippen LogP contribution in [0, 0.1) is 17.3 Å². The summed E-state index contributed by atoms with van der Waals surface area (Å²) in [5, 5.41) is 13.6. The van der Waals surface area contributed by atoms with Crippen molar-refractivity contribution in [1.29, 1.82) is 0 Å². The van der Waals surface area contributed by atoms with Crippen LogP contribution in [0.2, 0.25) is 0 Å². The minimum Gasteiger partial charge on any atom is -0.348 e. The van der Waals surface area contributed by atoms with Gasteiger partial charge in [0.1, 0.15) is 12.7 Å². The van der Waals surface area contributed by atoms with Crippen molar-refractivity contribution >= 4 is 17.2 Å². The first kappa shape index (κ1) is 17.3. The quantitative estimate of drug-likeness (QED) is 0.694. The van der Waals surface area contributed by atoms with E-state index < -0.39 is 0 Å². The Balaban J connectivity index is 1.21. The summed E-state index contributed by atoms with van der Waals surface area (Å²) in [4.78, 5) is 22.9. The number of hydrogen-bond acceptors (Lipinski definition) is 7. The average Bonchev–Trinajstić information content (AvgIpc) is 3.47. The first-order chi connectivity index (χ1) is 14.1. The van der Waals surface area contributed by atoms with E-state index in [1.807, 2.05) is 28.5 Å². The highest BCUT2D eigenvalue weighted by Crippen LogP contribution is 2.64. The lowest BCUT2D eigenvalue weighted by Gasteiger charge is -2.60. The summed E-state index contributed by atoms with van der Waals surface area (Å²) in [6.45, 7) is 0.293. The second kappa shape index (κ2) is 6.22. The molecule has 3 heterocycles. The van der Waals surface area contributed by atoms with Crippen LogP contribution in [0.15, 0.2) is 34.7 Å². The lowest BCUT2D eigenvalue weighted by atomic mass is 9.46. The van der Waals surface area contributed by atoms with Crippen LogP contribution in [0.1, 0.15) is 44.3 Å². The second-order valence-corrected chi connectivity index (χ2v) is 9.93. The van der Waals surface area contributed by atoms with Crippen molar-refractivity contribution in [2.75, 3.05) is 0 Å². The number of hydrogen-bond donors (Lipinski definition) is 1. The van der Waals surface area contributed by atoms with E-state index in [9.17, 15) is 4.79 Å². The lowest BCUT2D eigenvalue weighted by molar-refractivity contribution is -0.156. The molecule has 8 nitrogen and oxygen atoms in total. The molecule has 0 aliphatic heterocycles. The van der Waals surface area contributed by atoms with E-state index in [2.05, 4.69) is 25.5 Å². The van der Waals surface area contributed by atoms with E-state index in [1.54, 1.807) is 17.7 Å². The summed E-state index contributed by atoms with van der Waals surface area (Å²) in [5.41, 5.74) is -0.382. The second-order valence-electron chi connectivity index (χ2n) is 8.98. The van der Waals surface area contributed by atoms with E-state index in [0.717, 1.165) is 37.0 Å². The van der Waals surface area contributed by atoms with Crippen LogP contribution in [0.5, 0.6) is 0 Å². The minimum atomic E-state index is -0.323. The van der Waals surface area contributed by atoms with Gasteiger partial charge in [-0.15, -0.1) is 11.3 Å². The number of nitrogens with one attached hydrogen (secondary N) is 1. The molecule has 4 aliphatic rings. The maximum absolute atomic E-state index is 13.4. The van der Waals surface area contributed by atoms with Crippen molar-refractivity contribution in [3.8, 4) is 10.8 Å². The van der Waals surface area contributed by atoms with Gasteiger partial charge in [-0.2, -0.15) is 10.1 Å². The Morgan fingerprint density at radius 1 is 1.31 bits per heavy atom. The average molecular weight is 411 g/mol. The topological polar surface area (TPSA) is 98.7 Å².